The third kappa shape index (κ3) is 6.32. The fourth-order valence-electron chi connectivity index (χ4n) is 1.65. The molecule has 1 aromatic rings. The van der Waals surface area contributed by atoms with Crippen LogP contribution in [-0.4, -0.2) is 33.0 Å². The van der Waals surface area contributed by atoms with Crippen LogP contribution in [0.15, 0.2) is 20.0 Å². The number of hydrogen-bond donors (Lipinski definition) is 2. The average molecular weight is 399 g/mol. The van der Waals surface area contributed by atoms with Gasteiger partial charge in [-0.15, -0.1) is 0 Å². The molecule has 0 spiro atoms. The third-order valence-corrected chi connectivity index (χ3v) is 6.33. The number of furan rings is 1. The van der Waals surface area contributed by atoms with Crippen molar-refractivity contribution in [3.8, 4) is 0 Å². The highest BCUT2D eigenvalue weighted by atomic mass is 79.9. The first-order valence-corrected chi connectivity index (χ1v) is 10.5. The summed E-state index contributed by atoms with van der Waals surface area (Å²) in [4.78, 5) is 0.160. The maximum absolute atomic E-state index is 12.2. The van der Waals surface area contributed by atoms with Crippen LogP contribution in [0.25, 0.3) is 0 Å². The lowest BCUT2D eigenvalue weighted by molar-refractivity contribution is 0.461. The van der Waals surface area contributed by atoms with Crippen molar-refractivity contribution in [3.05, 3.63) is 16.5 Å². The van der Waals surface area contributed by atoms with E-state index in [0.717, 1.165) is 19.4 Å². The molecule has 0 saturated heterocycles. The highest BCUT2D eigenvalue weighted by Crippen LogP contribution is 2.26. The van der Waals surface area contributed by atoms with Crippen molar-refractivity contribution in [2.45, 2.75) is 43.4 Å². The predicted molar refractivity (Wildman–Crippen MR) is 91.2 cm³/mol. The third-order valence-electron chi connectivity index (χ3n) is 2.97. The lowest BCUT2D eigenvalue weighted by Gasteiger charge is -2.08. The normalized spacial score (nSPS) is 13.5. The fraction of sp³-hybridized carbons (Fsp3) is 0.692. The fourth-order valence-corrected chi connectivity index (χ4v) is 4.05. The first kappa shape index (κ1) is 19.0. The molecule has 2 N–H and O–H groups in total. The summed E-state index contributed by atoms with van der Waals surface area (Å²) < 4.78 is 32.8. The van der Waals surface area contributed by atoms with Gasteiger partial charge < -0.3 is 9.73 Å². The second kappa shape index (κ2) is 9.19. The van der Waals surface area contributed by atoms with Gasteiger partial charge >= 0.3 is 0 Å². The quantitative estimate of drug-likeness (QED) is 0.592. The summed E-state index contributed by atoms with van der Waals surface area (Å²) in [5.74, 6) is 0.605. The van der Waals surface area contributed by atoms with E-state index in [4.69, 9.17) is 4.42 Å². The predicted octanol–water partition coefficient (Wildman–Crippen LogP) is 2.96. The van der Waals surface area contributed by atoms with Crippen molar-refractivity contribution in [2.24, 2.45) is 0 Å². The van der Waals surface area contributed by atoms with Crippen LogP contribution < -0.4 is 10.0 Å². The molecule has 0 aliphatic heterocycles. The zero-order valence-electron chi connectivity index (χ0n) is 12.6. The SMILES string of the molecule is CCCNCc1cc(S(=O)(=O)NCCC(C)SC)c(Br)o1. The van der Waals surface area contributed by atoms with Crippen molar-refractivity contribution in [1.29, 1.82) is 0 Å². The van der Waals surface area contributed by atoms with Crippen LogP contribution in [0.1, 0.15) is 32.4 Å². The number of nitrogens with one attached hydrogen (secondary N) is 2. The van der Waals surface area contributed by atoms with Gasteiger partial charge in [-0.1, -0.05) is 13.8 Å². The van der Waals surface area contributed by atoms with Crippen LogP contribution in [0.2, 0.25) is 0 Å². The summed E-state index contributed by atoms with van der Waals surface area (Å²) in [6.45, 7) is 5.95. The largest absolute Gasteiger partial charge is 0.452 e. The molecule has 1 aromatic heterocycles. The minimum absolute atomic E-state index is 0.160. The Labute approximate surface area is 139 Å². The summed E-state index contributed by atoms with van der Waals surface area (Å²) in [6.07, 6.45) is 3.82. The Morgan fingerprint density at radius 1 is 1.43 bits per heavy atom. The smallest absolute Gasteiger partial charge is 0.244 e. The van der Waals surface area contributed by atoms with Crippen LogP contribution in [0, 0.1) is 0 Å². The molecular weight excluding hydrogens is 376 g/mol. The van der Waals surface area contributed by atoms with E-state index in [9.17, 15) is 8.42 Å². The zero-order valence-corrected chi connectivity index (χ0v) is 15.8. The van der Waals surface area contributed by atoms with Crippen LogP contribution in [0.4, 0.5) is 0 Å². The second-order valence-electron chi connectivity index (χ2n) is 4.76. The van der Waals surface area contributed by atoms with Crippen molar-refractivity contribution >= 4 is 37.7 Å². The number of hydrogen-bond acceptors (Lipinski definition) is 5. The van der Waals surface area contributed by atoms with E-state index in [2.05, 4.69) is 39.8 Å². The Bertz CT molecular complexity index is 532. The van der Waals surface area contributed by atoms with Gasteiger partial charge in [0.25, 0.3) is 0 Å². The number of halogens is 1. The minimum atomic E-state index is -3.53. The van der Waals surface area contributed by atoms with E-state index in [1.54, 1.807) is 17.8 Å². The van der Waals surface area contributed by atoms with Gasteiger partial charge in [0.2, 0.25) is 10.0 Å². The second-order valence-corrected chi connectivity index (χ2v) is 8.49. The summed E-state index contributed by atoms with van der Waals surface area (Å²) >= 11 is 4.90. The van der Waals surface area contributed by atoms with Gasteiger partial charge in [-0.3, -0.25) is 0 Å². The Morgan fingerprint density at radius 3 is 2.76 bits per heavy atom. The first-order chi connectivity index (χ1) is 9.90. The van der Waals surface area contributed by atoms with Gasteiger partial charge in [0.1, 0.15) is 10.7 Å². The van der Waals surface area contributed by atoms with E-state index in [-0.39, 0.29) is 9.56 Å². The van der Waals surface area contributed by atoms with Gasteiger partial charge in [-0.25, -0.2) is 13.1 Å². The molecule has 1 heterocycles. The lowest BCUT2D eigenvalue weighted by atomic mass is 10.3. The van der Waals surface area contributed by atoms with Gasteiger partial charge in [-0.05, 0) is 41.6 Å². The molecule has 0 aliphatic rings. The van der Waals surface area contributed by atoms with E-state index in [1.807, 2.05) is 6.26 Å². The van der Waals surface area contributed by atoms with Gasteiger partial charge in [0.05, 0.1) is 6.54 Å². The molecule has 5 nitrogen and oxygen atoms in total. The highest BCUT2D eigenvalue weighted by molar-refractivity contribution is 9.10. The van der Waals surface area contributed by atoms with Crippen molar-refractivity contribution in [3.63, 3.8) is 0 Å². The molecule has 0 amide bonds. The molecule has 0 saturated carbocycles. The molecular formula is C13H23BrN2O3S2. The molecule has 8 heteroatoms. The number of thioether (sulfide) groups is 1. The standard InChI is InChI=1S/C13H23BrN2O3S2/c1-4-6-15-9-11-8-12(13(14)19-11)21(17,18)16-7-5-10(2)20-3/h8,10,15-16H,4-7,9H2,1-3H3. The molecule has 1 unspecified atom stereocenters. The zero-order chi connectivity index (χ0) is 15.9. The van der Waals surface area contributed by atoms with E-state index >= 15 is 0 Å². The monoisotopic (exact) mass is 398 g/mol. The summed E-state index contributed by atoms with van der Waals surface area (Å²) in [6, 6.07) is 1.56. The molecule has 0 bridgehead atoms. The number of sulfonamides is 1. The molecule has 0 aromatic carbocycles. The molecule has 122 valence electrons. The molecule has 1 atom stereocenters. The molecule has 21 heavy (non-hydrogen) atoms. The summed E-state index contributed by atoms with van der Waals surface area (Å²) in [5.41, 5.74) is 0. The van der Waals surface area contributed by atoms with Crippen LogP contribution in [0.5, 0.6) is 0 Å². The van der Waals surface area contributed by atoms with Gasteiger partial charge in [0, 0.05) is 17.9 Å². The summed E-state index contributed by atoms with van der Waals surface area (Å²) in [5, 5.41) is 3.60. The maximum atomic E-state index is 12.2. The van der Waals surface area contributed by atoms with E-state index in [0.29, 0.717) is 24.1 Å². The van der Waals surface area contributed by atoms with E-state index < -0.39 is 10.0 Å². The Hall–Kier alpha value is -0.0200. The van der Waals surface area contributed by atoms with Gasteiger partial charge in [-0.2, -0.15) is 11.8 Å². The van der Waals surface area contributed by atoms with E-state index in [1.165, 1.54) is 0 Å². The molecule has 0 radical (unpaired) electrons. The van der Waals surface area contributed by atoms with Crippen molar-refractivity contribution in [2.75, 3.05) is 19.3 Å². The first-order valence-electron chi connectivity index (χ1n) is 6.92. The minimum Gasteiger partial charge on any atom is -0.452 e. The van der Waals surface area contributed by atoms with Crippen LogP contribution in [-0.2, 0) is 16.6 Å². The topological polar surface area (TPSA) is 71.3 Å². The van der Waals surface area contributed by atoms with Crippen LogP contribution >= 0.6 is 27.7 Å². The van der Waals surface area contributed by atoms with Crippen molar-refractivity contribution < 1.29 is 12.8 Å². The molecule has 0 fully saturated rings. The highest BCUT2D eigenvalue weighted by Gasteiger charge is 2.22. The maximum Gasteiger partial charge on any atom is 0.244 e. The molecule has 1 rings (SSSR count). The lowest BCUT2D eigenvalue weighted by Crippen LogP contribution is -2.26. The van der Waals surface area contributed by atoms with Crippen molar-refractivity contribution in [1.82, 2.24) is 10.0 Å². The number of rotatable bonds is 10. The Kier molecular flexibility index (Phi) is 8.33. The Balaban J connectivity index is 2.65. The summed E-state index contributed by atoms with van der Waals surface area (Å²) in [7, 11) is -3.53. The average Bonchev–Trinajstić information content (AvgIpc) is 2.80. The van der Waals surface area contributed by atoms with Crippen LogP contribution in [0.3, 0.4) is 0 Å². The van der Waals surface area contributed by atoms with Gasteiger partial charge in [0.15, 0.2) is 4.67 Å². The molecule has 0 aliphatic carbocycles. The Morgan fingerprint density at radius 2 is 2.14 bits per heavy atom.